The second-order valence-corrected chi connectivity index (χ2v) is 6.52. The van der Waals surface area contributed by atoms with Crippen molar-refractivity contribution < 1.29 is 0 Å². The van der Waals surface area contributed by atoms with Crippen LogP contribution in [-0.4, -0.2) is 16.5 Å². The van der Waals surface area contributed by atoms with Crippen molar-refractivity contribution in [2.75, 3.05) is 6.54 Å². The van der Waals surface area contributed by atoms with Crippen LogP contribution in [0.3, 0.4) is 0 Å². The predicted molar refractivity (Wildman–Crippen MR) is 86.1 cm³/mol. The van der Waals surface area contributed by atoms with E-state index in [-0.39, 0.29) is 0 Å². The molecule has 1 heterocycles. The lowest BCUT2D eigenvalue weighted by Crippen LogP contribution is -2.19. The maximum absolute atomic E-state index is 6.13. The summed E-state index contributed by atoms with van der Waals surface area (Å²) in [6, 6.07) is 7.88. The summed E-state index contributed by atoms with van der Waals surface area (Å²) in [6.07, 6.45) is 1.90. The van der Waals surface area contributed by atoms with Crippen molar-refractivity contribution in [3.63, 3.8) is 0 Å². The Morgan fingerprint density at radius 3 is 2.90 bits per heavy atom. The molecule has 5 heteroatoms. The maximum atomic E-state index is 6.13. The summed E-state index contributed by atoms with van der Waals surface area (Å²) in [7, 11) is 0. The number of benzene rings is 1. The minimum atomic E-state index is 0.660. The first-order valence-corrected chi connectivity index (χ1v) is 8.12. The van der Waals surface area contributed by atoms with Crippen LogP contribution < -0.4 is 5.32 Å². The monoisotopic (exact) mass is 309 g/mol. The fourth-order valence-corrected chi connectivity index (χ4v) is 2.89. The van der Waals surface area contributed by atoms with E-state index in [4.69, 9.17) is 11.6 Å². The molecule has 0 atom stereocenters. The van der Waals surface area contributed by atoms with Crippen LogP contribution in [0.15, 0.2) is 35.4 Å². The van der Waals surface area contributed by atoms with Crippen molar-refractivity contribution in [1.29, 1.82) is 0 Å². The lowest BCUT2D eigenvalue weighted by atomic mass is 10.2. The number of halogens is 1. The second-order valence-electron chi connectivity index (χ2n) is 5.10. The van der Waals surface area contributed by atoms with Crippen molar-refractivity contribution in [2.24, 2.45) is 5.92 Å². The molecule has 0 saturated carbocycles. The van der Waals surface area contributed by atoms with E-state index in [0.29, 0.717) is 5.92 Å². The molecule has 0 amide bonds. The highest BCUT2D eigenvalue weighted by Gasteiger charge is 2.04. The third-order valence-corrected chi connectivity index (χ3v) is 4.28. The summed E-state index contributed by atoms with van der Waals surface area (Å²) in [5, 5.41) is 4.19. The molecule has 0 aliphatic rings. The van der Waals surface area contributed by atoms with Gasteiger partial charge < -0.3 is 10.3 Å². The third kappa shape index (κ3) is 4.85. The first-order chi connectivity index (χ1) is 9.65. The van der Waals surface area contributed by atoms with E-state index in [0.717, 1.165) is 40.3 Å². The molecule has 108 valence electrons. The number of nitrogens with one attached hydrogen (secondary N) is 2. The first-order valence-electron chi connectivity index (χ1n) is 6.76. The van der Waals surface area contributed by atoms with Gasteiger partial charge in [0.05, 0.1) is 10.8 Å². The number of hydrogen-bond donors (Lipinski definition) is 2. The molecule has 1 aromatic heterocycles. The average molecular weight is 310 g/mol. The summed E-state index contributed by atoms with van der Waals surface area (Å²) in [5.41, 5.74) is 1.13. The summed E-state index contributed by atoms with van der Waals surface area (Å²) in [6.45, 7) is 6.25. The van der Waals surface area contributed by atoms with Crippen molar-refractivity contribution in [3.8, 4) is 0 Å². The van der Waals surface area contributed by atoms with Crippen LogP contribution in [-0.2, 0) is 12.3 Å². The second kappa shape index (κ2) is 7.72. The molecule has 2 rings (SSSR count). The number of aromatic nitrogens is 2. The average Bonchev–Trinajstić information content (AvgIpc) is 2.85. The molecule has 0 bridgehead atoms. The van der Waals surface area contributed by atoms with Crippen molar-refractivity contribution in [2.45, 2.75) is 31.0 Å². The largest absolute Gasteiger partial charge is 0.344 e. The van der Waals surface area contributed by atoms with Crippen molar-refractivity contribution in [1.82, 2.24) is 15.3 Å². The molecular weight excluding hydrogens is 290 g/mol. The molecule has 0 fully saturated rings. The third-order valence-electron chi connectivity index (χ3n) is 2.75. The van der Waals surface area contributed by atoms with Gasteiger partial charge in [0.1, 0.15) is 5.82 Å². The zero-order valence-corrected chi connectivity index (χ0v) is 13.4. The van der Waals surface area contributed by atoms with E-state index in [9.17, 15) is 0 Å². The van der Waals surface area contributed by atoms with Crippen molar-refractivity contribution in [3.05, 3.63) is 47.0 Å². The predicted octanol–water partition coefficient (Wildman–Crippen LogP) is 4.10. The molecule has 0 aliphatic carbocycles. The summed E-state index contributed by atoms with van der Waals surface area (Å²) in [4.78, 5) is 8.83. The Morgan fingerprint density at radius 2 is 2.15 bits per heavy atom. The standard InChI is InChI=1S/C15H20ClN3S/c1-11(2)7-17-8-12-9-18-15(19-12)10-20-14-6-4-3-5-13(14)16/h3-6,9,11,17H,7-8,10H2,1-2H3,(H,18,19). The van der Waals surface area contributed by atoms with Gasteiger partial charge in [0, 0.05) is 23.3 Å². The fourth-order valence-electron chi connectivity index (χ4n) is 1.77. The molecule has 2 N–H and O–H groups in total. The lowest BCUT2D eigenvalue weighted by Gasteiger charge is -2.05. The lowest BCUT2D eigenvalue weighted by molar-refractivity contribution is 0.549. The molecule has 0 aliphatic heterocycles. The van der Waals surface area contributed by atoms with Gasteiger partial charge in [0.2, 0.25) is 0 Å². The van der Waals surface area contributed by atoms with Crippen LogP contribution in [0.4, 0.5) is 0 Å². The normalized spacial score (nSPS) is 11.2. The Bertz CT molecular complexity index is 539. The van der Waals surface area contributed by atoms with Crippen molar-refractivity contribution >= 4 is 23.4 Å². The Kier molecular flexibility index (Phi) is 5.95. The van der Waals surface area contributed by atoms with Crippen LogP contribution in [0.5, 0.6) is 0 Å². The number of imidazole rings is 1. The van der Waals surface area contributed by atoms with Gasteiger partial charge >= 0.3 is 0 Å². The van der Waals surface area contributed by atoms with Crippen LogP contribution in [0.2, 0.25) is 5.02 Å². The minimum Gasteiger partial charge on any atom is -0.344 e. The summed E-state index contributed by atoms with van der Waals surface area (Å²) >= 11 is 7.83. The topological polar surface area (TPSA) is 40.7 Å². The van der Waals surface area contributed by atoms with E-state index >= 15 is 0 Å². The van der Waals surface area contributed by atoms with E-state index in [1.165, 1.54) is 0 Å². The van der Waals surface area contributed by atoms with E-state index in [1.54, 1.807) is 11.8 Å². The molecule has 0 radical (unpaired) electrons. The quantitative estimate of drug-likeness (QED) is 0.757. The summed E-state index contributed by atoms with van der Waals surface area (Å²) in [5.74, 6) is 2.44. The van der Waals surface area contributed by atoms with E-state index in [2.05, 4.69) is 29.1 Å². The maximum Gasteiger partial charge on any atom is 0.116 e. The van der Waals surface area contributed by atoms with Crippen LogP contribution >= 0.6 is 23.4 Å². The van der Waals surface area contributed by atoms with E-state index in [1.807, 2.05) is 30.5 Å². The number of thioether (sulfide) groups is 1. The first kappa shape index (κ1) is 15.4. The van der Waals surface area contributed by atoms with E-state index < -0.39 is 0 Å². The highest BCUT2D eigenvalue weighted by atomic mass is 35.5. The molecule has 0 spiro atoms. The molecule has 1 aromatic carbocycles. The minimum absolute atomic E-state index is 0.660. The van der Waals surface area contributed by atoms with Gasteiger partial charge in [-0.05, 0) is 24.6 Å². The summed E-state index contributed by atoms with van der Waals surface area (Å²) < 4.78 is 0. The van der Waals surface area contributed by atoms with Crippen LogP contribution in [0.1, 0.15) is 25.4 Å². The Morgan fingerprint density at radius 1 is 1.35 bits per heavy atom. The molecule has 0 saturated heterocycles. The molecular formula is C15H20ClN3S. The van der Waals surface area contributed by atoms with Gasteiger partial charge in [-0.2, -0.15) is 0 Å². The molecule has 3 nitrogen and oxygen atoms in total. The SMILES string of the molecule is CC(C)CNCc1cnc(CSc2ccccc2Cl)[nH]1. The van der Waals surface area contributed by atoms with Gasteiger partial charge in [-0.3, -0.25) is 0 Å². The molecule has 20 heavy (non-hydrogen) atoms. The Hall–Kier alpha value is -0.970. The smallest absolute Gasteiger partial charge is 0.116 e. The van der Waals surface area contributed by atoms with Gasteiger partial charge in [-0.1, -0.05) is 37.6 Å². The van der Waals surface area contributed by atoms with Gasteiger partial charge in [0.25, 0.3) is 0 Å². The highest BCUT2D eigenvalue weighted by molar-refractivity contribution is 7.98. The zero-order valence-electron chi connectivity index (χ0n) is 11.8. The highest BCUT2D eigenvalue weighted by Crippen LogP contribution is 2.28. The number of aromatic amines is 1. The number of H-pyrrole nitrogens is 1. The van der Waals surface area contributed by atoms with Gasteiger partial charge in [0.15, 0.2) is 0 Å². The number of nitrogens with zero attached hydrogens (tertiary/aromatic N) is 1. The number of rotatable bonds is 7. The van der Waals surface area contributed by atoms with Gasteiger partial charge in [-0.15, -0.1) is 11.8 Å². The Labute approximate surface area is 129 Å². The fraction of sp³-hybridized carbons (Fsp3) is 0.400. The Balaban J connectivity index is 1.82. The zero-order chi connectivity index (χ0) is 14.4. The van der Waals surface area contributed by atoms with Crippen LogP contribution in [0, 0.1) is 5.92 Å². The van der Waals surface area contributed by atoms with Gasteiger partial charge in [-0.25, -0.2) is 4.98 Å². The molecule has 2 aromatic rings. The molecule has 0 unspecified atom stereocenters. The van der Waals surface area contributed by atoms with Crippen LogP contribution in [0.25, 0.3) is 0 Å². The number of hydrogen-bond acceptors (Lipinski definition) is 3.